The number of methoxy groups -OCH3 is 1. The molecule has 5 nitrogen and oxygen atoms in total. The van der Waals surface area contributed by atoms with Crippen LogP contribution >= 0.6 is 12.4 Å². The lowest BCUT2D eigenvalue weighted by Gasteiger charge is -2.12. The Kier molecular flexibility index (Phi) is 9.16. The molecule has 0 aliphatic rings. The summed E-state index contributed by atoms with van der Waals surface area (Å²) in [5.74, 6) is -0.123. The molecule has 4 N–H and O–H groups in total. The first-order valence-electron chi connectivity index (χ1n) is 5.92. The molecule has 1 amide bonds. The van der Waals surface area contributed by atoms with Gasteiger partial charge in [0.15, 0.2) is 0 Å². The number of carbonyl (C=O) groups excluding carboxylic acids is 1. The zero-order valence-electron chi connectivity index (χ0n) is 11.0. The van der Waals surface area contributed by atoms with Gasteiger partial charge in [0.05, 0.1) is 12.5 Å². The van der Waals surface area contributed by atoms with Gasteiger partial charge < -0.3 is 20.9 Å². The number of anilines is 1. The summed E-state index contributed by atoms with van der Waals surface area (Å²) in [4.78, 5) is 11.7. The van der Waals surface area contributed by atoms with Gasteiger partial charge in [-0.05, 0) is 24.1 Å². The number of benzene rings is 1. The van der Waals surface area contributed by atoms with Crippen LogP contribution in [0.25, 0.3) is 0 Å². The van der Waals surface area contributed by atoms with Crippen molar-refractivity contribution in [1.82, 2.24) is 0 Å². The largest absolute Gasteiger partial charge is 0.396 e. The number of aliphatic hydroxyl groups excluding tert-OH is 1. The van der Waals surface area contributed by atoms with E-state index in [1.54, 1.807) is 0 Å². The van der Waals surface area contributed by atoms with E-state index in [9.17, 15) is 4.79 Å². The Bertz CT molecular complexity index is 367. The Morgan fingerprint density at radius 1 is 1.42 bits per heavy atom. The van der Waals surface area contributed by atoms with E-state index in [2.05, 4.69) is 5.32 Å². The minimum atomic E-state index is -0.251. The molecule has 1 aromatic rings. The third kappa shape index (κ3) is 6.54. The molecule has 0 bridgehead atoms. The molecule has 0 radical (unpaired) electrons. The summed E-state index contributed by atoms with van der Waals surface area (Å²) in [6.45, 7) is 0.442. The lowest BCUT2D eigenvalue weighted by Crippen LogP contribution is -2.28. The van der Waals surface area contributed by atoms with Crippen molar-refractivity contribution in [3.63, 3.8) is 0 Å². The van der Waals surface area contributed by atoms with Crippen LogP contribution in [-0.4, -0.2) is 37.4 Å². The van der Waals surface area contributed by atoms with E-state index in [-0.39, 0.29) is 37.4 Å². The number of hydrogen-bond acceptors (Lipinski definition) is 4. The van der Waals surface area contributed by atoms with Gasteiger partial charge in [-0.3, -0.25) is 4.79 Å². The lowest BCUT2D eigenvalue weighted by molar-refractivity contribution is -0.118. The van der Waals surface area contributed by atoms with Gasteiger partial charge in [-0.15, -0.1) is 12.4 Å². The highest BCUT2D eigenvalue weighted by Gasteiger charge is 2.11. The first kappa shape index (κ1) is 17.9. The van der Waals surface area contributed by atoms with Crippen LogP contribution in [0.1, 0.15) is 12.0 Å². The molecule has 0 aliphatic carbocycles. The Morgan fingerprint density at radius 3 is 2.53 bits per heavy atom. The van der Waals surface area contributed by atoms with Crippen LogP contribution < -0.4 is 11.1 Å². The maximum Gasteiger partial charge on any atom is 0.227 e. The van der Waals surface area contributed by atoms with E-state index in [0.29, 0.717) is 13.0 Å². The Hall–Kier alpha value is -1.14. The summed E-state index contributed by atoms with van der Waals surface area (Å²) in [5, 5.41) is 11.6. The minimum Gasteiger partial charge on any atom is -0.396 e. The number of nitrogens with one attached hydrogen (secondary N) is 1. The van der Waals surface area contributed by atoms with Crippen molar-refractivity contribution in [1.29, 1.82) is 0 Å². The Morgan fingerprint density at radius 2 is 2.05 bits per heavy atom. The van der Waals surface area contributed by atoms with Crippen LogP contribution in [0.5, 0.6) is 0 Å². The third-order valence-electron chi connectivity index (χ3n) is 2.65. The summed E-state index contributed by atoms with van der Waals surface area (Å²) in [7, 11) is 1.54. The summed E-state index contributed by atoms with van der Waals surface area (Å²) >= 11 is 0. The van der Waals surface area contributed by atoms with Crippen LogP contribution in [0, 0.1) is 0 Å². The zero-order chi connectivity index (χ0) is 13.4. The van der Waals surface area contributed by atoms with Crippen molar-refractivity contribution in [2.75, 3.05) is 25.6 Å². The average Bonchev–Trinajstić information content (AvgIpc) is 2.38. The number of amides is 1. The van der Waals surface area contributed by atoms with Crippen LogP contribution in [0.15, 0.2) is 24.3 Å². The molecule has 108 valence electrons. The molecule has 1 unspecified atom stereocenters. The molecule has 19 heavy (non-hydrogen) atoms. The van der Waals surface area contributed by atoms with E-state index in [1.807, 2.05) is 24.3 Å². The van der Waals surface area contributed by atoms with Crippen molar-refractivity contribution >= 4 is 24.0 Å². The van der Waals surface area contributed by atoms with Gasteiger partial charge >= 0.3 is 0 Å². The van der Waals surface area contributed by atoms with Gasteiger partial charge in [0, 0.05) is 25.9 Å². The number of rotatable bonds is 7. The monoisotopic (exact) mass is 288 g/mol. The summed E-state index contributed by atoms with van der Waals surface area (Å²) in [5.41, 5.74) is 7.21. The van der Waals surface area contributed by atoms with Crippen molar-refractivity contribution in [2.45, 2.75) is 18.9 Å². The number of ether oxygens (including phenoxy) is 1. The van der Waals surface area contributed by atoms with Gasteiger partial charge in [0.2, 0.25) is 5.91 Å². The van der Waals surface area contributed by atoms with E-state index in [4.69, 9.17) is 15.6 Å². The van der Waals surface area contributed by atoms with Crippen LogP contribution in [0.4, 0.5) is 5.69 Å². The molecule has 0 fully saturated rings. The van der Waals surface area contributed by atoms with Crippen molar-refractivity contribution in [3.05, 3.63) is 29.8 Å². The van der Waals surface area contributed by atoms with Gasteiger partial charge in [0.1, 0.15) is 0 Å². The first-order valence-corrected chi connectivity index (χ1v) is 5.92. The Labute approximate surface area is 119 Å². The maximum atomic E-state index is 11.7. The molecule has 0 aromatic heterocycles. The van der Waals surface area contributed by atoms with E-state index < -0.39 is 0 Å². The van der Waals surface area contributed by atoms with E-state index in [0.717, 1.165) is 11.3 Å². The molecular weight excluding hydrogens is 268 g/mol. The molecule has 0 saturated carbocycles. The number of aliphatic hydroxyl groups is 1. The fourth-order valence-electron chi connectivity index (χ4n) is 1.57. The topological polar surface area (TPSA) is 84.6 Å². The third-order valence-corrected chi connectivity index (χ3v) is 2.65. The SMILES string of the molecule is COC(CN)CC(=O)Nc1ccc(CCO)cc1.Cl. The predicted molar refractivity (Wildman–Crippen MR) is 77.6 cm³/mol. The highest BCUT2D eigenvalue weighted by molar-refractivity contribution is 5.91. The lowest BCUT2D eigenvalue weighted by atomic mass is 10.1. The molecule has 6 heteroatoms. The van der Waals surface area contributed by atoms with Crippen molar-refractivity contribution in [3.8, 4) is 0 Å². The second-order valence-corrected chi connectivity index (χ2v) is 4.02. The molecule has 0 aliphatic heterocycles. The highest BCUT2D eigenvalue weighted by Crippen LogP contribution is 2.10. The number of nitrogens with two attached hydrogens (primary N) is 1. The first-order chi connectivity index (χ1) is 8.69. The maximum absolute atomic E-state index is 11.7. The van der Waals surface area contributed by atoms with Crippen LogP contribution in [0.2, 0.25) is 0 Å². The van der Waals surface area contributed by atoms with E-state index in [1.165, 1.54) is 7.11 Å². The molecule has 1 rings (SSSR count). The molecule has 0 saturated heterocycles. The molecule has 1 atom stereocenters. The quantitative estimate of drug-likeness (QED) is 0.697. The van der Waals surface area contributed by atoms with Crippen molar-refractivity contribution < 1.29 is 14.6 Å². The number of hydrogen-bond donors (Lipinski definition) is 3. The van der Waals surface area contributed by atoms with Crippen LogP contribution in [0.3, 0.4) is 0 Å². The highest BCUT2D eigenvalue weighted by atomic mass is 35.5. The van der Waals surface area contributed by atoms with Crippen LogP contribution in [-0.2, 0) is 16.0 Å². The predicted octanol–water partition coefficient (Wildman–Crippen LogP) is 0.945. The van der Waals surface area contributed by atoms with Gasteiger partial charge in [-0.25, -0.2) is 0 Å². The van der Waals surface area contributed by atoms with Gasteiger partial charge in [-0.1, -0.05) is 12.1 Å². The van der Waals surface area contributed by atoms with E-state index >= 15 is 0 Å². The zero-order valence-corrected chi connectivity index (χ0v) is 11.8. The fourth-order valence-corrected chi connectivity index (χ4v) is 1.57. The van der Waals surface area contributed by atoms with Gasteiger partial charge in [0.25, 0.3) is 0 Å². The molecule has 0 heterocycles. The molecule has 0 spiro atoms. The molecular formula is C13H21ClN2O3. The normalized spacial score (nSPS) is 11.5. The average molecular weight is 289 g/mol. The number of carbonyl (C=O) groups is 1. The second kappa shape index (κ2) is 9.75. The standard InChI is InChI=1S/C13H20N2O3.ClH/c1-18-12(9-14)8-13(17)15-11-4-2-10(3-5-11)6-7-16;/h2-5,12,16H,6-9,14H2,1H3,(H,15,17);1H. The second-order valence-electron chi connectivity index (χ2n) is 4.02. The van der Waals surface area contributed by atoms with Gasteiger partial charge in [-0.2, -0.15) is 0 Å². The number of halogens is 1. The summed E-state index contributed by atoms with van der Waals surface area (Å²) in [6, 6.07) is 7.38. The fraction of sp³-hybridized carbons (Fsp3) is 0.462. The minimum absolute atomic E-state index is 0. The smallest absolute Gasteiger partial charge is 0.227 e. The summed E-state index contributed by atoms with van der Waals surface area (Å²) in [6.07, 6.45) is 0.608. The molecule has 1 aromatic carbocycles. The Balaban J connectivity index is 0.00000324. The van der Waals surface area contributed by atoms with Crippen molar-refractivity contribution in [2.24, 2.45) is 5.73 Å². The summed E-state index contributed by atoms with van der Waals surface area (Å²) < 4.78 is 5.05.